The van der Waals surface area contributed by atoms with E-state index in [1.165, 1.54) is 27.4 Å². The number of hydrogen-bond donors (Lipinski definition) is 0. The molecule has 0 unspecified atom stereocenters. The summed E-state index contributed by atoms with van der Waals surface area (Å²) in [5.41, 5.74) is 5.40. The van der Waals surface area contributed by atoms with Gasteiger partial charge in [0.1, 0.15) is 0 Å². The molecule has 1 aromatic heterocycles. The van der Waals surface area contributed by atoms with Crippen LogP contribution >= 0.6 is 23.1 Å². The summed E-state index contributed by atoms with van der Waals surface area (Å²) in [6.45, 7) is 7.27. The number of benzene rings is 2. The van der Waals surface area contributed by atoms with E-state index < -0.39 is 0 Å². The van der Waals surface area contributed by atoms with E-state index in [4.69, 9.17) is 4.98 Å². The first kappa shape index (κ1) is 21.6. The van der Waals surface area contributed by atoms with Gasteiger partial charge in [0.2, 0.25) is 5.91 Å². The fraction of sp³-hybridized carbons (Fsp3) is 0.304. The SMILES string of the molecule is CSc1ccc(CN(C)Cc2csc(N(C(C)=O)c3ccc(C)cc3C)n2)cc1. The van der Waals surface area contributed by atoms with E-state index in [9.17, 15) is 4.79 Å². The molecule has 6 heteroatoms. The number of nitrogens with zero attached hydrogens (tertiary/aromatic N) is 3. The monoisotopic (exact) mass is 425 g/mol. The van der Waals surface area contributed by atoms with E-state index in [2.05, 4.69) is 55.5 Å². The summed E-state index contributed by atoms with van der Waals surface area (Å²) < 4.78 is 0. The van der Waals surface area contributed by atoms with Crippen molar-refractivity contribution in [1.29, 1.82) is 0 Å². The first-order valence-corrected chi connectivity index (χ1v) is 11.6. The minimum Gasteiger partial charge on any atom is -0.296 e. The standard InChI is InChI=1S/C23H27N3OS2/c1-16-6-11-22(17(2)12-16)26(18(3)27)23-24-20(15-29-23)14-25(4)13-19-7-9-21(28-5)10-8-19/h6-12,15H,13-14H2,1-5H3. The summed E-state index contributed by atoms with van der Waals surface area (Å²) in [5.74, 6) is -0.0277. The number of hydrogen-bond acceptors (Lipinski definition) is 5. The fourth-order valence-electron chi connectivity index (χ4n) is 3.31. The molecule has 0 atom stereocenters. The maximum atomic E-state index is 12.4. The molecule has 0 fully saturated rings. The van der Waals surface area contributed by atoms with Gasteiger partial charge in [0.25, 0.3) is 0 Å². The van der Waals surface area contributed by atoms with Gasteiger partial charge < -0.3 is 0 Å². The van der Waals surface area contributed by atoms with Gasteiger partial charge in [-0.05, 0) is 56.5 Å². The van der Waals surface area contributed by atoms with E-state index in [0.717, 1.165) is 35.2 Å². The number of carbonyl (C=O) groups is 1. The van der Waals surface area contributed by atoms with E-state index >= 15 is 0 Å². The van der Waals surface area contributed by atoms with Gasteiger partial charge in [-0.3, -0.25) is 14.6 Å². The molecule has 0 N–H and O–H groups in total. The van der Waals surface area contributed by atoms with Crippen molar-refractivity contribution in [2.75, 3.05) is 18.2 Å². The van der Waals surface area contributed by atoms with Crippen LogP contribution in [0.5, 0.6) is 0 Å². The van der Waals surface area contributed by atoms with Crippen molar-refractivity contribution in [3.63, 3.8) is 0 Å². The van der Waals surface area contributed by atoms with Crippen LogP contribution in [0, 0.1) is 13.8 Å². The summed E-state index contributed by atoms with van der Waals surface area (Å²) >= 11 is 3.26. The Morgan fingerprint density at radius 1 is 1.10 bits per heavy atom. The van der Waals surface area contributed by atoms with Crippen LogP contribution in [0.4, 0.5) is 10.8 Å². The average molecular weight is 426 g/mol. The molecule has 0 radical (unpaired) electrons. The van der Waals surface area contributed by atoms with Crippen LogP contribution in [0.15, 0.2) is 52.7 Å². The van der Waals surface area contributed by atoms with Crippen LogP contribution in [0.3, 0.4) is 0 Å². The molecule has 152 valence electrons. The van der Waals surface area contributed by atoms with Gasteiger partial charge in [-0.25, -0.2) is 4.98 Å². The zero-order valence-corrected chi connectivity index (χ0v) is 19.2. The lowest BCUT2D eigenvalue weighted by Crippen LogP contribution is -2.23. The molecule has 0 aliphatic rings. The minimum absolute atomic E-state index is 0.0277. The van der Waals surface area contributed by atoms with Gasteiger partial charge in [0, 0.05) is 30.3 Å². The highest BCUT2D eigenvalue weighted by Gasteiger charge is 2.20. The van der Waals surface area contributed by atoms with Crippen molar-refractivity contribution in [3.05, 3.63) is 70.2 Å². The number of thioether (sulfide) groups is 1. The van der Waals surface area contributed by atoms with E-state index in [1.54, 1.807) is 23.6 Å². The molecular formula is C23H27N3OS2. The Balaban J connectivity index is 1.73. The van der Waals surface area contributed by atoms with Crippen LogP contribution in [0.25, 0.3) is 0 Å². The molecular weight excluding hydrogens is 398 g/mol. The van der Waals surface area contributed by atoms with E-state index in [1.807, 2.05) is 24.4 Å². The lowest BCUT2D eigenvalue weighted by atomic mass is 10.1. The molecule has 0 saturated heterocycles. The van der Waals surface area contributed by atoms with Crippen molar-refractivity contribution in [3.8, 4) is 0 Å². The molecule has 1 heterocycles. The number of rotatable bonds is 7. The lowest BCUT2D eigenvalue weighted by Gasteiger charge is -2.20. The Morgan fingerprint density at radius 3 is 2.45 bits per heavy atom. The number of anilines is 2. The maximum absolute atomic E-state index is 12.4. The number of aryl methyl sites for hydroxylation is 2. The topological polar surface area (TPSA) is 36.4 Å². The Morgan fingerprint density at radius 2 is 1.83 bits per heavy atom. The third kappa shape index (κ3) is 5.47. The molecule has 2 aromatic carbocycles. The normalized spacial score (nSPS) is 11.1. The molecule has 0 spiro atoms. The molecule has 0 aliphatic heterocycles. The molecule has 1 amide bonds. The van der Waals surface area contributed by atoms with Crippen LogP contribution in [-0.2, 0) is 17.9 Å². The van der Waals surface area contributed by atoms with Crippen molar-refractivity contribution < 1.29 is 4.79 Å². The van der Waals surface area contributed by atoms with Crippen molar-refractivity contribution >= 4 is 39.8 Å². The lowest BCUT2D eigenvalue weighted by molar-refractivity contribution is -0.115. The molecule has 0 saturated carbocycles. The average Bonchev–Trinajstić information content (AvgIpc) is 3.11. The van der Waals surface area contributed by atoms with Crippen LogP contribution in [0.2, 0.25) is 0 Å². The predicted molar refractivity (Wildman–Crippen MR) is 124 cm³/mol. The summed E-state index contributed by atoms with van der Waals surface area (Å²) in [6.07, 6.45) is 2.09. The second kappa shape index (κ2) is 9.57. The summed E-state index contributed by atoms with van der Waals surface area (Å²) in [6, 6.07) is 14.8. The Hall–Kier alpha value is -2.15. The van der Waals surface area contributed by atoms with Crippen molar-refractivity contribution in [1.82, 2.24) is 9.88 Å². The first-order valence-electron chi connectivity index (χ1n) is 9.51. The van der Waals surface area contributed by atoms with Gasteiger partial charge >= 0.3 is 0 Å². The summed E-state index contributed by atoms with van der Waals surface area (Å²) in [5, 5.41) is 2.76. The smallest absolute Gasteiger partial charge is 0.230 e. The molecule has 0 bridgehead atoms. The summed E-state index contributed by atoms with van der Waals surface area (Å²) in [4.78, 5) is 22.4. The second-order valence-corrected chi connectivity index (χ2v) is 9.00. The summed E-state index contributed by atoms with van der Waals surface area (Å²) in [7, 11) is 2.09. The van der Waals surface area contributed by atoms with Gasteiger partial charge in [-0.15, -0.1) is 23.1 Å². The Labute approximate surface area is 181 Å². The highest BCUT2D eigenvalue weighted by atomic mass is 32.2. The Kier molecular flexibility index (Phi) is 7.11. The zero-order chi connectivity index (χ0) is 21.0. The molecule has 29 heavy (non-hydrogen) atoms. The minimum atomic E-state index is -0.0277. The maximum Gasteiger partial charge on any atom is 0.230 e. The third-order valence-electron chi connectivity index (χ3n) is 4.68. The number of carbonyl (C=O) groups excluding carboxylic acids is 1. The molecule has 3 aromatic rings. The van der Waals surface area contributed by atoms with Crippen LogP contribution < -0.4 is 4.90 Å². The van der Waals surface area contributed by atoms with E-state index in [0.29, 0.717) is 0 Å². The van der Waals surface area contributed by atoms with Gasteiger partial charge in [0.05, 0.1) is 11.4 Å². The van der Waals surface area contributed by atoms with Crippen LogP contribution in [0.1, 0.15) is 29.3 Å². The van der Waals surface area contributed by atoms with E-state index in [-0.39, 0.29) is 5.91 Å². The highest BCUT2D eigenvalue weighted by molar-refractivity contribution is 7.98. The Bertz CT molecular complexity index is 982. The van der Waals surface area contributed by atoms with Crippen molar-refractivity contribution in [2.24, 2.45) is 0 Å². The fourth-order valence-corrected chi connectivity index (χ4v) is 4.59. The van der Waals surface area contributed by atoms with Gasteiger partial charge in [-0.1, -0.05) is 29.8 Å². The molecule has 0 aliphatic carbocycles. The zero-order valence-electron chi connectivity index (χ0n) is 17.6. The predicted octanol–water partition coefficient (Wildman–Crippen LogP) is 5.80. The highest BCUT2D eigenvalue weighted by Crippen LogP contribution is 2.32. The number of thiazole rings is 1. The first-order chi connectivity index (χ1) is 13.9. The van der Waals surface area contributed by atoms with Crippen LogP contribution in [-0.4, -0.2) is 29.1 Å². The van der Waals surface area contributed by atoms with Gasteiger partial charge in [0.15, 0.2) is 5.13 Å². The third-order valence-corrected chi connectivity index (χ3v) is 6.30. The van der Waals surface area contributed by atoms with Gasteiger partial charge in [-0.2, -0.15) is 0 Å². The number of amides is 1. The largest absolute Gasteiger partial charge is 0.296 e. The molecule has 4 nitrogen and oxygen atoms in total. The number of aromatic nitrogens is 1. The quantitative estimate of drug-likeness (QED) is 0.448. The van der Waals surface area contributed by atoms with Crippen molar-refractivity contribution in [2.45, 2.75) is 38.8 Å². The molecule has 3 rings (SSSR count). The second-order valence-electron chi connectivity index (χ2n) is 7.29.